The average molecular weight is 234 g/mol. The molecule has 0 saturated heterocycles. The van der Waals surface area contributed by atoms with E-state index in [4.69, 9.17) is 0 Å². The van der Waals surface area contributed by atoms with Crippen LogP contribution in [0.2, 0.25) is 0 Å². The van der Waals surface area contributed by atoms with Gasteiger partial charge in [-0.2, -0.15) is 0 Å². The van der Waals surface area contributed by atoms with Gasteiger partial charge in [-0.1, -0.05) is 34.1 Å². The lowest BCUT2D eigenvalue weighted by atomic mass is 9.95. The molecule has 94 valence electrons. The summed E-state index contributed by atoms with van der Waals surface area (Å²) in [6.45, 7) is 9.85. The van der Waals surface area contributed by atoms with Crippen molar-refractivity contribution in [2.24, 2.45) is 5.41 Å². The Kier molecular flexibility index (Phi) is 4.27. The number of hydrogen-bond donors (Lipinski definition) is 1. The monoisotopic (exact) mass is 234 g/mol. The second kappa shape index (κ2) is 5.30. The third kappa shape index (κ3) is 3.55. The molecule has 3 heteroatoms. The smallest absolute Gasteiger partial charge is 0.229 e. The Morgan fingerprint density at radius 3 is 2.59 bits per heavy atom. The van der Waals surface area contributed by atoms with Crippen molar-refractivity contribution in [3.63, 3.8) is 0 Å². The summed E-state index contributed by atoms with van der Waals surface area (Å²) >= 11 is 0. The fraction of sp³-hybridized carbons (Fsp3) is 0.571. The Morgan fingerprint density at radius 1 is 1.41 bits per heavy atom. The third-order valence-electron chi connectivity index (χ3n) is 2.70. The number of nitrogens with zero attached hydrogens (tertiary/aromatic N) is 1. The van der Waals surface area contributed by atoms with Crippen molar-refractivity contribution >= 4 is 11.6 Å². The zero-order valence-corrected chi connectivity index (χ0v) is 11.4. The summed E-state index contributed by atoms with van der Waals surface area (Å²) in [7, 11) is 0. The SMILES string of the molecule is CCCc1c(NC(=O)C(C)(C)C)ccnc1C. The third-order valence-corrected chi connectivity index (χ3v) is 2.70. The van der Waals surface area contributed by atoms with Crippen LogP contribution in [-0.2, 0) is 11.2 Å². The lowest BCUT2D eigenvalue weighted by Crippen LogP contribution is -2.28. The number of amides is 1. The molecule has 0 aliphatic heterocycles. The molecule has 1 amide bonds. The van der Waals surface area contributed by atoms with E-state index in [9.17, 15) is 4.79 Å². The molecule has 3 nitrogen and oxygen atoms in total. The van der Waals surface area contributed by atoms with Gasteiger partial charge in [-0.15, -0.1) is 0 Å². The normalized spacial score (nSPS) is 11.4. The average Bonchev–Trinajstić information content (AvgIpc) is 2.21. The molecule has 0 aromatic carbocycles. The van der Waals surface area contributed by atoms with Gasteiger partial charge in [0.1, 0.15) is 0 Å². The lowest BCUT2D eigenvalue weighted by molar-refractivity contribution is -0.123. The van der Waals surface area contributed by atoms with Crippen LogP contribution < -0.4 is 5.32 Å². The van der Waals surface area contributed by atoms with E-state index in [1.807, 2.05) is 33.8 Å². The zero-order valence-electron chi connectivity index (χ0n) is 11.4. The highest BCUT2D eigenvalue weighted by atomic mass is 16.2. The Labute approximate surface area is 104 Å². The number of pyridine rings is 1. The number of aromatic nitrogens is 1. The van der Waals surface area contributed by atoms with Crippen LogP contribution in [0.1, 0.15) is 45.4 Å². The van der Waals surface area contributed by atoms with E-state index in [2.05, 4.69) is 17.2 Å². The van der Waals surface area contributed by atoms with Gasteiger partial charge in [0.25, 0.3) is 0 Å². The molecule has 0 radical (unpaired) electrons. The van der Waals surface area contributed by atoms with Crippen LogP contribution in [0.15, 0.2) is 12.3 Å². The summed E-state index contributed by atoms with van der Waals surface area (Å²) in [5.74, 6) is 0.0421. The molecule has 0 bridgehead atoms. The first-order chi connectivity index (χ1) is 7.86. The first-order valence-electron chi connectivity index (χ1n) is 6.12. The molecule has 0 unspecified atom stereocenters. The molecule has 0 spiro atoms. The maximum atomic E-state index is 12.0. The molecule has 1 N–H and O–H groups in total. The van der Waals surface area contributed by atoms with E-state index in [0.29, 0.717) is 0 Å². The number of aryl methyl sites for hydroxylation is 1. The highest BCUT2D eigenvalue weighted by Gasteiger charge is 2.22. The number of nitrogens with one attached hydrogen (secondary N) is 1. The number of hydrogen-bond acceptors (Lipinski definition) is 2. The molecule has 0 aliphatic carbocycles. The Hall–Kier alpha value is -1.38. The van der Waals surface area contributed by atoms with Gasteiger partial charge in [0.2, 0.25) is 5.91 Å². The molecule has 0 aliphatic rings. The molecule has 1 heterocycles. The number of carbonyl (C=O) groups excluding carboxylic acids is 1. The van der Waals surface area contributed by atoms with Crippen LogP contribution in [0, 0.1) is 12.3 Å². The minimum Gasteiger partial charge on any atom is -0.325 e. The summed E-state index contributed by atoms with van der Waals surface area (Å²) in [6.07, 6.45) is 3.73. The number of rotatable bonds is 3. The van der Waals surface area contributed by atoms with E-state index in [1.54, 1.807) is 6.20 Å². The summed E-state index contributed by atoms with van der Waals surface area (Å²) in [5, 5.41) is 3.00. The molecule has 1 aromatic heterocycles. The highest BCUT2D eigenvalue weighted by Crippen LogP contribution is 2.22. The minimum absolute atomic E-state index is 0.0421. The van der Waals surface area contributed by atoms with Gasteiger partial charge < -0.3 is 5.32 Å². The van der Waals surface area contributed by atoms with Gasteiger partial charge in [0.05, 0.1) is 0 Å². The highest BCUT2D eigenvalue weighted by molar-refractivity contribution is 5.95. The molecule has 0 saturated carbocycles. The van der Waals surface area contributed by atoms with Crippen molar-refractivity contribution < 1.29 is 4.79 Å². The van der Waals surface area contributed by atoms with E-state index in [1.165, 1.54) is 0 Å². The maximum Gasteiger partial charge on any atom is 0.229 e. The second-order valence-corrected chi connectivity index (χ2v) is 5.38. The second-order valence-electron chi connectivity index (χ2n) is 5.38. The fourth-order valence-electron chi connectivity index (χ4n) is 1.59. The van der Waals surface area contributed by atoms with E-state index < -0.39 is 0 Å². The standard InChI is InChI=1S/C14H22N2O/c1-6-7-11-10(2)15-9-8-12(11)16-13(17)14(3,4)5/h8-9H,6-7H2,1-5H3,(H,15,16,17). The Balaban J connectivity index is 2.98. The van der Waals surface area contributed by atoms with Gasteiger partial charge in [-0.25, -0.2) is 0 Å². The summed E-state index contributed by atoms with van der Waals surface area (Å²) in [6, 6.07) is 1.88. The van der Waals surface area contributed by atoms with Gasteiger partial charge >= 0.3 is 0 Å². The summed E-state index contributed by atoms with van der Waals surface area (Å²) < 4.78 is 0. The summed E-state index contributed by atoms with van der Waals surface area (Å²) in [4.78, 5) is 16.2. The molecular formula is C14H22N2O. The molecule has 1 rings (SSSR count). The van der Waals surface area contributed by atoms with Crippen LogP contribution in [0.4, 0.5) is 5.69 Å². The number of carbonyl (C=O) groups is 1. The van der Waals surface area contributed by atoms with Gasteiger partial charge in [-0.05, 0) is 25.0 Å². The van der Waals surface area contributed by atoms with Crippen molar-refractivity contribution in [3.8, 4) is 0 Å². The van der Waals surface area contributed by atoms with Gasteiger partial charge in [-0.3, -0.25) is 9.78 Å². The van der Waals surface area contributed by atoms with Crippen LogP contribution >= 0.6 is 0 Å². The molecule has 0 fully saturated rings. The van der Waals surface area contributed by atoms with E-state index in [-0.39, 0.29) is 11.3 Å². The predicted molar refractivity (Wildman–Crippen MR) is 71.1 cm³/mol. The predicted octanol–water partition coefficient (Wildman–Crippen LogP) is 3.33. The first-order valence-corrected chi connectivity index (χ1v) is 6.12. The fourth-order valence-corrected chi connectivity index (χ4v) is 1.59. The van der Waals surface area contributed by atoms with Crippen molar-refractivity contribution in [1.82, 2.24) is 4.98 Å². The van der Waals surface area contributed by atoms with Crippen molar-refractivity contribution in [2.75, 3.05) is 5.32 Å². The Bertz CT molecular complexity index is 405. The summed E-state index contributed by atoms with van der Waals surface area (Å²) in [5.41, 5.74) is 2.67. The van der Waals surface area contributed by atoms with Gasteiger partial charge in [0.15, 0.2) is 0 Å². The topological polar surface area (TPSA) is 42.0 Å². The zero-order chi connectivity index (χ0) is 13.1. The largest absolute Gasteiger partial charge is 0.325 e. The first kappa shape index (κ1) is 13.7. The lowest BCUT2D eigenvalue weighted by Gasteiger charge is -2.19. The van der Waals surface area contributed by atoms with Crippen molar-refractivity contribution in [1.29, 1.82) is 0 Å². The van der Waals surface area contributed by atoms with Crippen LogP contribution in [0.3, 0.4) is 0 Å². The van der Waals surface area contributed by atoms with Gasteiger partial charge in [0, 0.05) is 23.0 Å². The van der Waals surface area contributed by atoms with Crippen molar-refractivity contribution in [3.05, 3.63) is 23.5 Å². The molecular weight excluding hydrogens is 212 g/mol. The molecule has 0 atom stereocenters. The molecule has 17 heavy (non-hydrogen) atoms. The Morgan fingerprint density at radius 2 is 2.06 bits per heavy atom. The van der Waals surface area contributed by atoms with Crippen LogP contribution in [0.5, 0.6) is 0 Å². The maximum absolute atomic E-state index is 12.0. The minimum atomic E-state index is -0.374. The van der Waals surface area contributed by atoms with E-state index in [0.717, 1.165) is 29.8 Å². The van der Waals surface area contributed by atoms with E-state index >= 15 is 0 Å². The van der Waals surface area contributed by atoms with Crippen LogP contribution in [-0.4, -0.2) is 10.9 Å². The van der Waals surface area contributed by atoms with Crippen molar-refractivity contribution in [2.45, 2.75) is 47.5 Å². The number of anilines is 1. The molecule has 1 aromatic rings. The van der Waals surface area contributed by atoms with Crippen LogP contribution in [0.25, 0.3) is 0 Å². The quantitative estimate of drug-likeness (QED) is 0.871.